The molecule has 0 aromatic heterocycles. The first-order chi connectivity index (χ1) is 10.2. The summed E-state index contributed by atoms with van der Waals surface area (Å²) in [6.45, 7) is 0. The number of halogens is 1. The number of nitrogen functional groups attached to an aromatic ring is 2. The molecule has 2 nitrogen and oxygen atoms in total. The lowest BCUT2D eigenvalue weighted by atomic mass is 9.98. The van der Waals surface area contributed by atoms with Gasteiger partial charge >= 0.3 is 0 Å². The Hall–Kier alpha value is -2.45. The van der Waals surface area contributed by atoms with Crippen LogP contribution in [-0.4, -0.2) is 0 Å². The second-order valence-corrected chi connectivity index (χ2v) is 5.28. The van der Waals surface area contributed by atoms with Gasteiger partial charge in [0.2, 0.25) is 0 Å². The molecule has 3 aromatic carbocycles. The molecule has 0 fully saturated rings. The van der Waals surface area contributed by atoms with Crippen molar-refractivity contribution >= 4 is 23.0 Å². The highest BCUT2D eigenvalue weighted by molar-refractivity contribution is 6.33. The molecule has 0 atom stereocenters. The van der Waals surface area contributed by atoms with Gasteiger partial charge in [0.1, 0.15) is 0 Å². The van der Waals surface area contributed by atoms with Gasteiger partial charge in [0.05, 0.1) is 0 Å². The Morgan fingerprint density at radius 1 is 0.619 bits per heavy atom. The molecule has 104 valence electrons. The molecule has 21 heavy (non-hydrogen) atoms. The fraction of sp³-hybridized carbons (Fsp3) is 0. The van der Waals surface area contributed by atoms with E-state index in [1.165, 1.54) is 0 Å². The molecular formula is C18H15ClN2. The van der Waals surface area contributed by atoms with E-state index in [-0.39, 0.29) is 0 Å². The standard InChI is InChI=1S/C18H15ClN2/c19-16-11-12(13-5-1-3-7-17(13)20)9-10-14(16)15-6-2-4-8-18(15)21/h1-11H,20-21H2. The van der Waals surface area contributed by atoms with Crippen LogP contribution in [-0.2, 0) is 0 Å². The molecule has 0 bridgehead atoms. The van der Waals surface area contributed by atoms with Crippen molar-refractivity contribution in [2.45, 2.75) is 0 Å². The molecule has 0 saturated carbocycles. The number of benzene rings is 3. The van der Waals surface area contributed by atoms with Crippen molar-refractivity contribution in [3.8, 4) is 22.3 Å². The zero-order chi connectivity index (χ0) is 14.8. The molecule has 0 amide bonds. The maximum atomic E-state index is 6.44. The third-order valence-electron chi connectivity index (χ3n) is 3.49. The molecule has 3 heteroatoms. The van der Waals surface area contributed by atoms with Crippen LogP contribution in [0, 0.1) is 0 Å². The van der Waals surface area contributed by atoms with Crippen LogP contribution in [0.3, 0.4) is 0 Å². The molecule has 0 spiro atoms. The summed E-state index contributed by atoms with van der Waals surface area (Å²) in [5.74, 6) is 0. The van der Waals surface area contributed by atoms with E-state index in [1.807, 2.05) is 66.7 Å². The summed E-state index contributed by atoms with van der Waals surface area (Å²) in [5.41, 5.74) is 17.3. The van der Waals surface area contributed by atoms with Gasteiger partial charge in [-0.1, -0.05) is 60.1 Å². The highest BCUT2D eigenvalue weighted by atomic mass is 35.5. The average molecular weight is 295 g/mol. The summed E-state index contributed by atoms with van der Waals surface area (Å²) in [7, 11) is 0. The minimum Gasteiger partial charge on any atom is -0.398 e. The first-order valence-corrected chi connectivity index (χ1v) is 7.04. The highest BCUT2D eigenvalue weighted by Crippen LogP contribution is 2.36. The minimum absolute atomic E-state index is 0.661. The number of hydrogen-bond donors (Lipinski definition) is 2. The first kappa shape index (κ1) is 13.5. The van der Waals surface area contributed by atoms with E-state index in [2.05, 4.69) is 0 Å². The largest absolute Gasteiger partial charge is 0.398 e. The summed E-state index contributed by atoms with van der Waals surface area (Å²) in [6, 6.07) is 21.4. The molecule has 0 aliphatic carbocycles. The number of para-hydroxylation sites is 2. The van der Waals surface area contributed by atoms with Crippen LogP contribution in [0.25, 0.3) is 22.3 Å². The summed E-state index contributed by atoms with van der Waals surface area (Å²) >= 11 is 6.44. The van der Waals surface area contributed by atoms with E-state index in [4.69, 9.17) is 23.1 Å². The van der Waals surface area contributed by atoms with Crippen molar-refractivity contribution in [1.82, 2.24) is 0 Å². The van der Waals surface area contributed by atoms with Crippen LogP contribution >= 0.6 is 11.6 Å². The third-order valence-corrected chi connectivity index (χ3v) is 3.80. The number of anilines is 2. The van der Waals surface area contributed by atoms with Gasteiger partial charge in [-0.2, -0.15) is 0 Å². The number of nitrogens with two attached hydrogens (primary N) is 2. The van der Waals surface area contributed by atoms with Gasteiger partial charge in [0.25, 0.3) is 0 Å². The Morgan fingerprint density at radius 2 is 1.19 bits per heavy atom. The maximum absolute atomic E-state index is 6.44. The second kappa shape index (κ2) is 5.51. The molecule has 3 aromatic rings. The Kier molecular flexibility index (Phi) is 3.55. The van der Waals surface area contributed by atoms with Gasteiger partial charge < -0.3 is 11.5 Å². The van der Waals surface area contributed by atoms with Crippen LogP contribution < -0.4 is 11.5 Å². The lowest BCUT2D eigenvalue weighted by Crippen LogP contribution is -1.92. The van der Waals surface area contributed by atoms with Crippen molar-refractivity contribution in [2.75, 3.05) is 11.5 Å². The second-order valence-electron chi connectivity index (χ2n) is 4.87. The summed E-state index contributed by atoms with van der Waals surface area (Å²) < 4.78 is 0. The topological polar surface area (TPSA) is 52.0 Å². The molecule has 0 radical (unpaired) electrons. The van der Waals surface area contributed by atoms with E-state index in [0.717, 1.165) is 27.9 Å². The smallest absolute Gasteiger partial charge is 0.0491 e. The zero-order valence-corrected chi connectivity index (χ0v) is 12.1. The lowest BCUT2D eigenvalue weighted by molar-refractivity contribution is 1.58. The van der Waals surface area contributed by atoms with E-state index >= 15 is 0 Å². The van der Waals surface area contributed by atoms with Gasteiger partial charge in [-0.3, -0.25) is 0 Å². The first-order valence-electron chi connectivity index (χ1n) is 6.66. The molecule has 0 unspecified atom stereocenters. The number of hydrogen-bond acceptors (Lipinski definition) is 2. The van der Waals surface area contributed by atoms with Gasteiger partial charge in [0, 0.05) is 33.1 Å². The summed E-state index contributed by atoms with van der Waals surface area (Å²) in [6.07, 6.45) is 0. The van der Waals surface area contributed by atoms with Crippen LogP contribution in [0.1, 0.15) is 0 Å². The van der Waals surface area contributed by atoms with Crippen molar-refractivity contribution in [2.24, 2.45) is 0 Å². The fourth-order valence-electron chi connectivity index (χ4n) is 2.40. The third kappa shape index (κ3) is 2.58. The van der Waals surface area contributed by atoms with Crippen molar-refractivity contribution < 1.29 is 0 Å². The summed E-state index contributed by atoms with van der Waals surface area (Å²) in [5, 5.41) is 0.661. The van der Waals surface area contributed by atoms with Crippen molar-refractivity contribution in [3.05, 3.63) is 71.8 Å². The van der Waals surface area contributed by atoms with Gasteiger partial charge in [0.15, 0.2) is 0 Å². The monoisotopic (exact) mass is 294 g/mol. The Morgan fingerprint density at radius 3 is 1.76 bits per heavy atom. The number of rotatable bonds is 2. The lowest BCUT2D eigenvalue weighted by Gasteiger charge is -2.11. The molecule has 0 aliphatic heterocycles. The van der Waals surface area contributed by atoms with Crippen LogP contribution in [0.15, 0.2) is 66.7 Å². The Bertz CT molecular complexity index is 797. The van der Waals surface area contributed by atoms with Gasteiger partial charge in [-0.05, 0) is 23.8 Å². The normalized spacial score (nSPS) is 10.5. The minimum atomic E-state index is 0.661. The van der Waals surface area contributed by atoms with E-state index in [0.29, 0.717) is 10.7 Å². The van der Waals surface area contributed by atoms with E-state index in [1.54, 1.807) is 0 Å². The molecule has 4 N–H and O–H groups in total. The fourth-order valence-corrected chi connectivity index (χ4v) is 2.69. The van der Waals surface area contributed by atoms with Crippen LogP contribution in [0.5, 0.6) is 0 Å². The quantitative estimate of drug-likeness (QED) is 0.665. The SMILES string of the molecule is Nc1ccccc1-c1ccc(-c2ccccc2N)c(Cl)c1. The molecule has 0 saturated heterocycles. The van der Waals surface area contributed by atoms with Gasteiger partial charge in [-0.25, -0.2) is 0 Å². The van der Waals surface area contributed by atoms with E-state index in [9.17, 15) is 0 Å². The predicted molar refractivity (Wildman–Crippen MR) is 91.1 cm³/mol. The van der Waals surface area contributed by atoms with Crippen molar-refractivity contribution in [1.29, 1.82) is 0 Å². The molecule has 0 aliphatic rings. The summed E-state index contributed by atoms with van der Waals surface area (Å²) in [4.78, 5) is 0. The highest BCUT2D eigenvalue weighted by Gasteiger charge is 2.09. The Labute approximate surface area is 129 Å². The zero-order valence-electron chi connectivity index (χ0n) is 11.4. The van der Waals surface area contributed by atoms with Crippen LogP contribution in [0.2, 0.25) is 5.02 Å². The van der Waals surface area contributed by atoms with Crippen molar-refractivity contribution in [3.63, 3.8) is 0 Å². The maximum Gasteiger partial charge on any atom is 0.0491 e. The van der Waals surface area contributed by atoms with Crippen LogP contribution in [0.4, 0.5) is 11.4 Å². The van der Waals surface area contributed by atoms with Gasteiger partial charge in [-0.15, -0.1) is 0 Å². The molecular weight excluding hydrogens is 280 g/mol. The molecule has 3 rings (SSSR count). The Balaban J connectivity index is 2.09. The average Bonchev–Trinajstić information content (AvgIpc) is 2.49. The van der Waals surface area contributed by atoms with E-state index < -0.39 is 0 Å². The predicted octanol–water partition coefficient (Wildman–Crippen LogP) is 4.84. The molecule has 0 heterocycles.